The first-order valence-electron chi connectivity index (χ1n) is 4.38. The standard InChI is InChI=1S/C10H11NO3S/c1-7(2)10-4-3-9(15(12,13)14)5-8(10)6-11/h3-5,7H,1-2H3,(H,12,13,14). The molecule has 0 bridgehead atoms. The van der Waals surface area contributed by atoms with Gasteiger partial charge in [0.1, 0.15) is 0 Å². The SMILES string of the molecule is CC(C)c1ccc(S(=O)(=O)O)cc1C#N. The van der Waals surface area contributed by atoms with Crippen molar-refractivity contribution in [2.45, 2.75) is 24.7 Å². The molecule has 1 N–H and O–H groups in total. The molecule has 0 fully saturated rings. The molecule has 1 aromatic carbocycles. The Hall–Kier alpha value is -1.38. The molecule has 0 aliphatic carbocycles. The van der Waals surface area contributed by atoms with Crippen LogP contribution >= 0.6 is 0 Å². The van der Waals surface area contributed by atoms with Crippen molar-refractivity contribution in [3.63, 3.8) is 0 Å². The van der Waals surface area contributed by atoms with Gasteiger partial charge in [-0.2, -0.15) is 13.7 Å². The highest BCUT2D eigenvalue weighted by Gasteiger charge is 2.13. The van der Waals surface area contributed by atoms with Crippen molar-refractivity contribution in [3.05, 3.63) is 29.3 Å². The second-order valence-corrected chi connectivity index (χ2v) is 4.91. The van der Waals surface area contributed by atoms with Crippen LogP contribution in [0.25, 0.3) is 0 Å². The molecule has 0 radical (unpaired) electrons. The average Bonchev–Trinajstić information content (AvgIpc) is 2.15. The summed E-state index contributed by atoms with van der Waals surface area (Å²) < 4.78 is 30.5. The van der Waals surface area contributed by atoms with Crippen molar-refractivity contribution in [1.29, 1.82) is 5.26 Å². The zero-order valence-corrected chi connectivity index (χ0v) is 9.25. The Morgan fingerprint density at radius 1 is 1.40 bits per heavy atom. The Morgan fingerprint density at radius 3 is 2.40 bits per heavy atom. The minimum Gasteiger partial charge on any atom is -0.282 e. The number of hydrogen-bond donors (Lipinski definition) is 1. The van der Waals surface area contributed by atoms with Crippen LogP contribution in [0.1, 0.15) is 30.9 Å². The van der Waals surface area contributed by atoms with E-state index in [-0.39, 0.29) is 16.4 Å². The molecule has 0 unspecified atom stereocenters. The second-order valence-electron chi connectivity index (χ2n) is 3.49. The van der Waals surface area contributed by atoms with Gasteiger partial charge < -0.3 is 0 Å². The molecular weight excluding hydrogens is 214 g/mol. The van der Waals surface area contributed by atoms with E-state index < -0.39 is 10.1 Å². The summed E-state index contributed by atoms with van der Waals surface area (Å²) in [7, 11) is -4.23. The van der Waals surface area contributed by atoms with Gasteiger partial charge in [-0.25, -0.2) is 0 Å². The van der Waals surface area contributed by atoms with E-state index in [0.29, 0.717) is 0 Å². The zero-order chi connectivity index (χ0) is 11.6. The summed E-state index contributed by atoms with van der Waals surface area (Å²) in [6.07, 6.45) is 0. The highest BCUT2D eigenvalue weighted by molar-refractivity contribution is 7.85. The lowest BCUT2D eigenvalue weighted by Gasteiger charge is -2.08. The Morgan fingerprint density at radius 2 is 2.00 bits per heavy atom. The molecule has 0 saturated heterocycles. The third-order valence-corrected chi connectivity index (χ3v) is 2.91. The summed E-state index contributed by atoms with van der Waals surface area (Å²) in [6, 6.07) is 5.94. The van der Waals surface area contributed by atoms with Gasteiger partial charge in [0, 0.05) is 0 Å². The van der Waals surface area contributed by atoms with Crippen LogP contribution in [0.15, 0.2) is 23.1 Å². The van der Waals surface area contributed by atoms with Crippen molar-refractivity contribution in [2.24, 2.45) is 0 Å². The minimum atomic E-state index is -4.23. The van der Waals surface area contributed by atoms with E-state index in [9.17, 15) is 8.42 Å². The summed E-state index contributed by atoms with van der Waals surface area (Å²) >= 11 is 0. The molecule has 0 aliphatic rings. The summed E-state index contributed by atoms with van der Waals surface area (Å²) in [5.41, 5.74) is 1.05. The Bertz CT molecular complexity index is 512. The molecular formula is C10H11NO3S. The van der Waals surface area contributed by atoms with Crippen molar-refractivity contribution in [3.8, 4) is 6.07 Å². The third kappa shape index (κ3) is 2.55. The number of rotatable bonds is 2. The molecule has 0 aliphatic heterocycles. The quantitative estimate of drug-likeness (QED) is 0.780. The summed E-state index contributed by atoms with van der Waals surface area (Å²) in [6.45, 7) is 3.81. The molecule has 0 aromatic heterocycles. The van der Waals surface area contributed by atoms with Crippen LogP contribution < -0.4 is 0 Å². The van der Waals surface area contributed by atoms with Crippen molar-refractivity contribution >= 4 is 10.1 Å². The molecule has 15 heavy (non-hydrogen) atoms. The predicted molar refractivity (Wildman–Crippen MR) is 55.1 cm³/mol. The maximum Gasteiger partial charge on any atom is 0.294 e. The first-order chi connectivity index (χ1) is 6.86. The molecule has 0 spiro atoms. The van der Waals surface area contributed by atoms with Crippen molar-refractivity contribution in [2.75, 3.05) is 0 Å². The summed E-state index contributed by atoms with van der Waals surface area (Å²) in [4.78, 5) is -0.247. The van der Waals surface area contributed by atoms with Gasteiger partial charge in [0.15, 0.2) is 0 Å². The van der Waals surface area contributed by atoms with Crippen LogP contribution in [0.4, 0.5) is 0 Å². The van der Waals surface area contributed by atoms with Crippen molar-refractivity contribution < 1.29 is 13.0 Å². The van der Waals surface area contributed by atoms with Gasteiger partial charge in [0.05, 0.1) is 16.5 Å². The molecule has 4 nitrogen and oxygen atoms in total. The molecule has 80 valence electrons. The topological polar surface area (TPSA) is 78.2 Å². The molecule has 0 atom stereocenters. The zero-order valence-electron chi connectivity index (χ0n) is 8.43. The summed E-state index contributed by atoms with van der Waals surface area (Å²) in [5, 5.41) is 8.83. The van der Waals surface area contributed by atoms with Crippen molar-refractivity contribution in [1.82, 2.24) is 0 Å². The van der Waals surface area contributed by atoms with E-state index in [1.165, 1.54) is 12.1 Å². The van der Waals surface area contributed by atoms with Crippen LogP contribution in [0.3, 0.4) is 0 Å². The predicted octanol–water partition coefficient (Wildman–Crippen LogP) is 1.93. The molecule has 0 saturated carbocycles. The number of nitriles is 1. The summed E-state index contributed by atoms with van der Waals surface area (Å²) in [5.74, 6) is 0.134. The molecule has 1 rings (SSSR count). The number of benzene rings is 1. The van der Waals surface area contributed by atoms with E-state index >= 15 is 0 Å². The fourth-order valence-electron chi connectivity index (χ4n) is 1.30. The van der Waals surface area contributed by atoms with Crippen LogP contribution in [-0.2, 0) is 10.1 Å². The van der Waals surface area contributed by atoms with Gasteiger partial charge in [-0.1, -0.05) is 19.9 Å². The Labute approximate surface area is 88.9 Å². The molecule has 1 aromatic rings. The third-order valence-electron chi connectivity index (χ3n) is 2.07. The van der Waals surface area contributed by atoms with Crippen LogP contribution in [-0.4, -0.2) is 13.0 Å². The highest BCUT2D eigenvalue weighted by Crippen LogP contribution is 2.22. The van der Waals surface area contributed by atoms with Gasteiger partial charge in [-0.15, -0.1) is 0 Å². The minimum absolute atomic E-state index is 0.134. The van der Waals surface area contributed by atoms with E-state index in [2.05, 4.69) is 0 Å². The van der Waals surface area contributed by atoms with Gasteiger partial charge >= 0.3 is 0 Å². The van der Waals surface area contributed by atoms with Crippen LogP contribution in [0, 0.1) is 11.3 Å². The molecule has 0 amide bonds. The lowest BCUT2D eigenvalue weighted by Crippen LogP contribution is -2.01. The van der Waals surface area contributed by atoms with Gasteiger partial charge in [-0.3, -0.25) is 4.55 Å². The molecule has 0 heterocycles. The highest BCUT2D eigenvalue weighted by atomic mass is 32.2. The van der Waals surface area contributed by atoms with E-state index in [1.54, 1.807) is 6.07 Å². The van der Waals surface area contributed by atoms with Crippen LogP contribution in [0.5, 0.6) is 0 Å². The fourth-order valence-corrected chi connectivity index (χ4v) is 1.80. The maximum absolute atomic E-state index is 10.8. The normalized spacial score (nSPS) is 11.4. The smallest absolute Gasteiger partial charge is 0.282 e. The van der Waals surface area contributed by atoms with Gasteiger partial charge in [-0.05, 0) is 23.6 Å². The number of nitrogens with zero attached hydrogens (tertiary/aromatic N) is 1. The first-order valence-corrected chi connectivity index (χ1v) is 5.82. The molecule has 5 heteroatoms. The lowest BCUT2D eigenvalue weighted by atomic mass is 9.98. The Kier molecular flexibility index (Phi) is 3.12. The maximum atomic E-state index is 10.8. The van der Waals surface area contributed by atoms with Gasteiger partial charge in [0.2, 0.25) is 0 Å². The lowest BCUT2D eigenvalue weighted by molar-refractivity contribution is 0.483. The van der Waals surface area contributed by atoms with Gasteiger partial charge in [0.25, 0.3) is 10.1 Å². The average molecular weight is 225 g/mol. The second kappa shape index (κ2) is 4.01. The monoisotopic (exact) mass is 225 g/mol. The van der Waals surface area contributed by atoms with E-state index in [1.807, 2.05) is 19.9 Å². The van der Waals surface area contributed by atoms with E-state index in [4.69, 9.17) is 9.81 Å². The van der Waals surface area contributed by atoms with E-state index in [0.717, 1.165) is 5.56 Å². The fraction of sp³-hybridized carbons (Fsp3) is 0.300. The Balaban J connectivity index is 3.40. The van der Waals surface area contributed by atoms with Crippen LogP contribution in [0.2, 0.25) is 0 Å². The first kappa shape index (κ1) is 11.7. The largest absolute Gasteiger partial charge is 0.294 e. The number of hydrogen-bond acceptors (Lipinski definition) is 3.